The molecular weight excluding hydrogens is 729 g/mol. The number of fused-ring (bicyclic) bond motifs is 5. The van der Waals surface area contributed by atoms with Gasteiger partial charge in [0, 0.05) is 56.2 Å². The fraction of sp³-hybridized carbons (Fsp3) is 0.341. The third kappa shape index (κ3) is 8.00. The number of para-hydroxylation sites is 2. The molecule has 0 aliphatic carbocycles. The monoisotopic (exact) mass is 774 g/mol. The quantitative estimate of drug-likeness (QED) is 0.0951. The van der Waals surface area contributed by atoms with E-state index in [1.807, 2.05) is 54.7 Å². The van der Waals surface area contributed by atoms with Crippen LogP contribution in [0.5, 0.6) is 23.0 Å². The van der Waals surface area contributed by atoms with E-state index in [0.29, 0.717) is 79.0 Å². The second kappa shape index (κ2) is 17.2. The Morgan fingerprint density at radius 3 is 2.18 bits per heavy atom. The maximum atomic E-state index is 14.1. The summed E-state index contributed by atoms with van der Waals surface area (Å²) in [6, 6.07) is 22.2. The second-order valence-electron chi connectivity index (χ2n) is 14.0. The summed E-state index contributed by atoms with van der Waals surface area (Å²) in [6.45, 7) is 1.24. The molecule has 296 valence electrons. The number of ether oxygens (including phenoxy) is 5. The first-order valence-electron chi connectivity index (χ1n) is 19.1. The van der Waals surface area contributed by atoms with E-state index in [0.717, 1.165) is 35.3 Å². The normalized spacial score (nSPS) is 14.9. The van der Waals surface area contributed by atoms with Crippen LogP contribution in [0.4, 0.5) is 22.7 Å². The van der Waals surface area contributed by atoms with Crippen LogP contribution in [0.2, 0.25) is 0 Å². The molecule has 57 heavy (non-hydrogen) atoms. The van der Waals surface area contributed by atoms with Gasteiger partial charge in [-0.3, -0.25) is 29.1 Å². The Hall–Kier alpha value is -6.37. The Morgan fingerprint density at radius 1 is 0.789 bits per heavy atom. The first kappa shape index (κ1) is 38.9. The van der Waals surface area contributed by atoms with Gasteiger partial charge in [-0.2, -0.15) is 0 Å². The summed E-state index contributed by atoms with van der Waals surface area (Å²) in [6.07, 6.45) is 5.25. The van der Waals surface area contributed by atoms with Gasteiger partial charge in [0.05, 0.1) is 69.5 Å². The molecule has 1 unspecified atom stereocenters. The van der Waals surface area contributed by atoms with Gasteiger partial charge in [-0.25, -0.2) is 0 Å². The number of carbonyl (C=O) groups is 4. The summed E-state index contributed by atoms with van der Waals surface area (Å²) < 4.78 is 28.4. The molecule has 4 aromatic rings. The molecule has 0 saturated carbocycles. The van der Waals surface area contributed by atoms with Crippen LogP contribution >= 0.6 is 0 Å². The minimum absolute atomic E-state index is 0.0901. The average Bonchev–Trinajstić information content (AvgIpc) is 3.81. The molecule has 0 bridgehead atoms. The van der Waals surface area contributed by atoms with Gasteiger partial charge in [0.25, 0.3) is 11.8 Å². The molecule has 4 aromatic carbocycles. The maximum absolute atomic E-state index is 14.1. The van der Waals surface area contributed by atoms with E-state index in [4.69, 9.17) is 23.7 Å². The smallest absolute Gasteiger partial charge is 0.306 e. The standard InChI is InChI=1S/C44H46N4O9/c1-46(41(49)16-17-42(50)55-4)36-26-40(38(54-3)24-32(36)43(51)47-19-18-28-12-6-8-14-34(28)47)57-21-11-5-10-20-56-39-25-33-31(23-37(39)53-2)44(52)48-30(27-45-33)22-29-13-7-9-15-35(29)48/h6-9,12-15,23-27,30H,5,10-11,16-22H2,1-4H3. The number of carbonyl (C=O) groups excluding carboxylic acids is 4. The fourth-order valence-corrected chi connectivity index (χ4v) is 7.51. The molecule has 0 spiro atoms. The first-order valence-corrected chi connectivity index (χ1v) is 19.1. The van der Waals surface area contributed by atoms with E-state index in [1.165, 1.54) is 19.1 Å². The van der Waals surface area contributed by atoms with Crippen LogP contribution in [0, 0.1) is 0 Å². The molecule has 0 radical (unpaired) electrons. The van der Waals surface area contributed by atoms with Crippen molar-refractivity contribution in [1.82, 2.24) is 0 Å². The third-order valence-electron chi connectivity index (χ3n) is 10.6. The van der Waals surface area contributed by atoms with Gasteiger partial charge in [0.1, 0.15) is 0 Å². The Bertz CT molecular complexity index is 2220. The zero-order chi connectivity index (χ0) is 40.1. The van der Waals surface area contributed by atoms with E-state index in [9.17, 15) is 19.2 Å². The number of rotatable bonds is 15. The van der Waals surface area contributed by atoms with Crippen molar-refractivity contribution in [1.29, 1.82) is 0 Å². The van der Waals surface area contributed by atoms with Gasteiger partial charge in [-0.1, -0.05) is 36.4 Å². The Morgan fingerprint density at radius 2 is 1.46 bits per heavy atom. The zero-order valence-electron chi connectivity index (χ0n) is 32.6. The summed E-state index contributed by atoms with van der Waals surface area (Å²) in [5, 5.41) is 0. The van der Waals surface area contributed by atoms with Crippen LogP contribution in [-0.4, -0.2) is 84.1 Å². The van der Waals surface area contributed by atoms with Gasteiger partial charge in [-0.15, -0.1) is 0 Å². The number of aliphatic imine (C=N–C) groups is 1. The first-order chi connectivity index (χ1) is 27.7. The molecule has 3 aliphatic rings. The average molecular weight is 775 g/mol. The Labute approximate surface area is 331 Å². The largest absolute Gasteiger partial charge is 0.493 e. The molecule has 1 atom stereocenters. The lowest BCUT2D eigenvalue weighted by atomic mass is 10.1. The van der Waals surface area contributed by atoms with Crippen LogP contribution < -0.4 is 33.6 Å². The van der Waals surface area contributed by atoms with Gasteiger partial charge in [0.15, 0.2) is 23.0 Å². The highest BCUT2D eigenvalue weighted by Crippen LogP contribution is 2.42. The van der Waals surface area contributed by atoms with E-state index in [2.05, 4.69) is 4.99 Å². The molecule has 0 N–H and O–H groups in total. The van der Waals surface area contributed by atoms with E-state index >= 15 is 0 Å². The number of methoxy groups -OCH3 is 3. The van der Waals surface area contributed by atoms with Crippen LogP contribution in [0.15, 0.2) is 77.8 Å². The number of benzene rings is 4. The molecule has 3 heterocycles. The number of hydrogen-bond donors (Lipinski definition) is 0. The summed E-state index contributed by atoms with van der Waals surface area (Å²) in [4.78, 5) is 62.5. The maximum Gasteiger partial charge on any atom is 0.306 e. The van der Waals surface area contributed by atoms with E-state index < -0.39 is 5.97 Å². The highest BCUT2D eigenvalue weighted by molar-refractivity contribution is 6.15. The van der Waals surface area contributed by atoms with Crippen LogP contribution in [0.1, 0.15) is 63.9 Å². The number of nitrogens with zero attached hydrogens (tertiary/aromatic N) is 4. The minimum Gasteiger partial charge on any atom is -0.493 e. The lowest BCUT2D eigenvalue weighted by Crippen LogP contribution is -2.37. The summed E-state index contributed by atoms with van der Waals surface area (Å²) >= 11 is 0. The van der Waals surface area contributed by atoms with E-state index in [1.54, 1.807) is 48.2 Å². The SMILES string of the molecule is COC(=O)CCC(=O)N(C)c1cc(OCCCCCOc2cc3c(cc2OC)C(=O)N2c4ccccc4CC2C=N3)c(OC)cc1C(=O)N1CCc2ccccc21. The minimum atomic E-state index is -0.499. The topological polar surface area (TPSA) is 137 Å². The summed E-state index contributed by atoms with van der Waals surface area (Å²) in [5.41, 5.74) is 5.54. The molecule has 0 aromatic heterocycles. The molecule has 13 heteroatoms. The number of esters is 1. The molecule has 0 saturated heterocycles. The lowest BCUT2D eigenvalue weighted by molar-refractivity contribution is -0.141. The van der Waals surface area contributed by atoms with Gasteiger partial charge in [-0.05, 0) is 61.1 Å². The van der Waals surface area contributed by atoms with Crippen molar-refractivity contribution in [2.45, 2.75) is 51.0 Å². The Balaban J connectivity index is 0.991. The molecule has 3 aliphatic heterocycles. The van der Waals surface area contributed by atoms with Crippen molar-refractivity contribution in [3.63, 3.8) is 0 Å². The van der Waals surface area contributed by atoms with Gasteiger partial charge >= 0.3 is 5.97 Å². The number of hydrogen-bond acceptors (Lipinski definition) is 10. The molecular formula is C44H46N4O9. The fourth-order valence-electron chi connectivity index (χ4n) is 7.51. The number of anilines is 3. The predicted octanol–water partition coefficient (Wildman–Crippen LogP) is 6.74. The zero-order valence-corrected chi connectivity index (χ0v) is 32.6. The van der Waals surface area contributed by atoms with Crippen molar-refractivity contribution < 1.29 is 42.9 Å². The highest BCUT2D eigenvalue weighted by atomic mass is 16.5. The molecule has 7 rings (SSSR count). The lowest BCUT2D eigenvalue weighted by Gasteiger charge is -2.25. The molecule has 0 fully saturated rings. The second-order valence-corrected chi connectivity index (χ2v) is 14.0. The van der Waals surface area contributed by atoms with E-state index in [-0.39, 0.29) is 42.2 Å². The van der Waals surface area contributed by atoms with Crippen molar-refractivity contribution in [3.05, 3.63) is 95.1 Å². The van der Waals surface area contributed by atoms with Gasteiger partial charge in [0.2, 0.25) is 5.91 Å². The summed E-state index contributed by atoms with van der Waals surface area (Å²) in [5.74, 6) is 0.444. The van der Waals surface area contributed by atoms with Crippen molar-refractivity contribution in [2.24, 2.45) is 4.99 Å². The summed E-state index contributed by atoms with van der Waals surface area (Å²) in [7, 11) is 5.90. The third-order valence-corrected chi connectivity index (χ3v) is 10.6. The van der Waals surface area contributed by atoms with Crippen molar-refractivity contribution in [2.75, 3.05) is 62.8 Å². The predicted molar refractivity (Wildman–Crippen MR) is 216 cm³/mol. The van der Waals surface area contributed by atoms with Crippen LogP contribution in [0.25, 0.3) is 0 Å². The molecule has 3 amide bonds. The number of unbranched alkanes of at least 4 members (excludes halogenated alkanes) is 2. The van der Waals surface area contributed by atoms with Crippen molar-refractivity contribution in [3.8, 4) is 23.0 Å². The molecule has 13 nitrogen and oxygen atoms in total. The highest BCUT2D eigenvalue weighted by Gasteiger charge is 2.36. The van der Waals surface area contributed by atoms with Crippen LogP contribution in [-0.2, 0) is 27.2 Å². The van der Waals surface area contributed by atoms with Gasteiger partial charge < -0.3 is 33.5 Å². The van der Waals surface area contributed by atoms with Crippen molar-refractivity contribution >= 4 is 52.7 Å². The Kier molecular flexibility index (Phi) is 11.7. The van der Waals surface area contributed by atoms with Crippen LogP contribution in [0.3, 0.4) is 0 Å². The number of amides is 3.